The van der Waals surface area contributed by atoms with Crippen molar-refractivity contribution in [1.82, 2.24) is 0 Å². The third-order valence-corrected chi connectivity index (χ3v) is 3.11. The Kier molecular flexibility index (Phi) is 6.42. The van der Waals surface area contributed by atoms with Crippen LogP contribution in [0.4, 0.5) is 5.69 Å². The number of anilines is 1. The number of aliphatic hydroxyl groups excluding tert-OH is 1. The van der Waals surface area contributed by atoms with Crippen LogP contribution in [0.25, 0.3) is 0 Å². The molecule has 0 aliphatic rings. The maximum absolute atomic E-state index is 11.4. The maximum Gasteiger partial charge on any atom is 0.325 e. The van der Waals surface area contributed by atoms with Gasteiger partial charge >= 0.3 is 5.97 Å². The first-order valence-corrected chi connectivity index (χ1v) is 6.70. The van der Waals surface area contributed by atoms with Crippen molar-refractivity contribution in [3.8, 4) is 0 Å². The third-order valence-electron chi connectivity index (χ3n) is 2.53. The van der Waals surface area contributed by atoms with Gasteiger partial charge in [0.1, 0.15) is 6.54 Å². The van der Waals surface area contributed by atoms with E-state index in [1.165, 1.54) is 0 Å². The van der Waals surface area contributed by atoms with Crippen LogP contribution >= 0.6 is 23.2 Å². The van der Waals surface area contributed by atoms with Crippen LogP contribution in [-0.4, -0.2) is 37.9 Å². The second kappa shape index (κ2) is 7.58. The lowest BCUT2D eigenvalue weighted by Crippen LogP contribution is -2.27. The summed E-state index contributed by atoms with van der Waals surface area (Å²) in [6.07, 6.45) is 0.487. The third kappa shape index (κ3) is 4.56. The molecule has 0 aromatic heterocycles. The van der Waals surface area contributed by atoms with Gasteiger partial charge in [-0.1, -0.05) is 23.2 Å². The average Bonchev–Trinajstić information content (AvgIpc) is 2.28. The number of esters is 1. The molecule has 106 valence electrons. The van der Waals surface area contributed by atoms with Crippen molar-refractivity contribution in [3.05, 3.63) is 27.7 Å². The lowest BCUT2D eigenvalue weighted by Gasteiger charge is -2.21. The van der Waals surface area contributed by atoms with Gasteiger partial charge in [0.15, 0.2) is 0 Å². The van der Waals surface area contributed by atoms with Crippen LogP contribution in [0, 0.1) is 0 Å². The summed E-state index contributed by atoms with van der Waals surface area (Å²) >= 11 is 12.3. The molecule has 1 rings (SSSR count). The Labute approximate surface area is 122 Å². The number of ether oxygens (including phenoxy) is 1. The Hall–Kier alpha value is -0.970. The highest BCUT2D eigenvalue weighted by atomic mass is 35.5. The molecule has 1 N–H and O–H groups in total. The van der Waals surface area contributed by atoms with E-state index >= 15 is 0 Å². The molecule has 0 radical (unpaired) electrons. The number of rotatable bonds is 6. The number of benzene rings is 1. The molecule has 0 bridgehead atoms. The molecular weight excluding hydrogens is 289 g/mol. The molecule has 0 amide bonds. The van der Waals surface area contributed by atoms with E-state index in [-0.39, 0.29) is 19.1 Å². The summed E-state index contributed by atoms with van der Waals surface area (Å²) in [6.45, 7) is 2.20. The van der Waals surface area contributed by atoms with Gasteiger partial charge in [-0.05, 0) is 31.0 Å². The number of carbonyl (C=O) groups is 1. The van der Waals surface area contributed by atoms with E-state index in [4.69, 9.17) is 33.0 Å². The summed E-state index contributed by atoms with van der Waals surface area (Å²) in [6, 6.07) is 3.47. The van der Waals surface area contributed by atoms with Crippen LogP contribution < -0.4 is 4.90 Å². The van der Waals surface area contributed by atoms with Gasteiger partial charge in [-0.3, -0.25) is 4.79 Å². The van der Waals surface area contributed by atoms with Gasteiger partial charge in [-0.25, -0.2) is 0 Å². The van der Waals surface area contributed by atoms with Gasteiger partial charge in [-0.2, -0.15) is 0 Å². The topological polar surface area (TPSA) is 49.8 Å². The van der Waals surface area contributed by atoms with Crippen LogP contribution in [0.2, 0.25) is 10.0 Å². The number of nitrogens with zero attached hydrogens (tertiary/aromatic N) is 1. The molecule has 0 heterocycles. The van der Waals surface area contributed by atoms with Crippen molar-refractivity contribution in [2.75, 3.05) is 31.7 Å². The van der Waals surface area contributed by atoms with E-state index < -0.39 is 0 Å². The molecule has 0 aliphatic carbocycles. The molecule has 0 spiro atoms. The van der Waals surface area contributed by atoms with Gasteiger partial charge in [0.05, 0.1) is 22.3 Å². The number of halogens is 2. The lowest BCUT2D eigenvalue weighted by molar-refractivity contribution is -0.141. The summed E-state index contributed by atoms with van der Waals surface area (Å²) < 4.78 is 4.88. The number of likely N-dealkylation sites (N-methyl/N-ethyl adjacent to an activating group) is 1. The average molecular weight is 306 g/mol. The minimum absolute atomic E-state index is 0.0324. The lowest BCUT2D eigenvalue weighted by atomic mass is 10.1. The summed E-state index contributed by atoms with van der Waals surface area (Å²) in [5, 5.41) is 9.79. The van der Waals surface area contributed by atoms with Crippen molar-refractivity contribution in [2.24, 2.45) is 0 Å². The maximum atomic E-state index is 11.4. The second-order valence-corrected chi connectivity index (χ2v) is 4.86. The molecular formula is C13H17Cl2NO3. The molecule has 0 atom stereocenters. The van der Waals surface area contributed by atoms with Crippen LogP contribution in [0.15, 0.2) is 12.1 Å². The fraction of sp³-hybridized carbons (Fsp3) is 0.462. The first-order chi connectivity index (χ1) is 8.99. The number of carbonyl (C=O) groups excluding carboxylic acids is 1. The van der Waals surface area contributed by atoms with E-state index in [2.05, 4.69) is 0 Å². The van der Waals surface area contributed by atoms with E-state index in [0.29, 0.717) is 28.8 Å². The van der Waals surface area contributed by atoms with Gasteiger partial charge in [0.25, 0.3) is 0 Å². The van der Waals surface area contributed by atoms with E-state index in [1.807, 2.05) is 0 Å². The van der Waals surface area contributed by atoms with Crippen molar-refractivity contribution in [1.29, 1.82) is 0 Å². The Bertz CT molecular complexity index is 429. The highest BCUT2D eigenvalue weighted by Gasteiger charge is 2.15. The summed E-state index contributed by atoms with van der Waals surface area (Å²) in [7, 11) is 1.72. The highest BCUT2D eigenvalue weighted by molar-refractivity contribution is 6.39. The fourth-order valence-electron chi connectivity index (χ4n) is 1.74. The number of hydrogen-bond donors (Lipinski definition) is 1. The van der Waals surface area contributed by atoms with Gasteiger partial charge in [0, 0.05) is 13.7 Å². The molecule has 0 fully saturated rings. The SMILES string of the molecule is CCOC(=O)CN(C)c1c(Cl)cc(CCO)cc1Cl. The van der Waals surface area contributed by atoms with E-state index in [9.17, 15) is 4.79 Å². The molecule has 19 heavy (non-hydrogen) atoms. The highest BCUT2D eigenvalue weighted by Crippen LogP contribution is 2.34. The molecule has 0 saturated carbocycles. The zero-order valence-electron chi connectivity index (χ0n) is 10.9. The van der Waals surface area contributed by atoms with Gasteiger partial charge < -0.3 is 14.7 Å². The van der Waals surface area contributed by atoms with Crippen molar-refractivity contribution < 1.29 is 14.6 Å². The molecule has 1 aromatic rings. The van der Waals surface area contributed by atoms with Crippen molar-refractivity contribution in [3.63, 3.8) is 0 Å². The quantitative estimate of drug-likeness (QED) is 0.821. The molecule has 0 unspecified atom stereocenters. The predicted octanol–water partition coefficient (Wildman–Crippen LogP) is 2.53. The number of hydrogen-bond acceptors (Lipinski definition) is 4. The van der Waals surface area contributed by atoms with Crippen molar-refractivity contribution in [2.45, 2.75) is 13.3 Å². The molecule has 0 saturated heterocycles. The summed E-state index contributed by atoms with van der Waals surface area (Å²) in [4.78, 5) is 13.1. The Morgan fingerprint density at radius 2 is 1.95 bits per heavy atom. The molecule has 1 aromatic carbocycles. The van der Waals surface area contributed by atoms with Gasteiger partial charge in [-0.15, -0.1) is 0 Å². The van der Waals surface area contributed by atoms with Crippen LogP contribution in [0.1, 0.15) is 12.5 Å². The van der Waals surface area contributed by atoms with Gasteiger partial charge in [0.2, 0.25) is 0 Å². The zero-order chi connectivity index (χ0) is 14.4. The first kappa shape index (κ1) is 16.1. The minimum atomic E-state index is -0.337. The van der Waals surface area contributed by atoms with Crippen LogP contribution in [0.5, 0.6) is 0 Å². The largest absolute Gasteiger partial charge is 0.465 e. The first-order valence-electron chi connectivity index (χ1n) is 5.95. The van der Waals surface area contributed by atoms with E-state index in [1.54, 1.807) is 31.0 Å². The fourth-order valence-corrected chi connectivity index (χ4v) is 2.56. The predicted molar refractivity (Wildman–Crippen MR) is 77.2 cm³/mol. The van der Waals surface area contributed by atoms with Crippen LogP contribution in [0.3, 0.4) is 0 Å². The van der Waals surface area contributed by atoms with E-state index in [0.717, 1.165) is 5.56 Å². The Balaban J connectivity index is 2.90. The standard InChI is InChI=1S/C13H17Cl2NO3/c1-3-19-12(18)8-16(2)13-10(14)6-9(4-5-17)7-11(13)15/h6-7,17H,3-5,8H2,1-2H3. The molecule has 6 heteroatoms. The number of aliphatic hydroxyl groups is 1. The second-order valence-electron chi connectivity index (χ2n) is 4.04. The summed E-state index contributed by atoms with van der Waals surface area (Å²) in [5.41, 5.74) is 1.43. The monoisotopic (exact) mass is 305 g/mol. The molecule has 0 aliphatic heterocycles. The molecule has 4 nitrogen and oxygen atoms in total. The normalized spacial score (nSPS) is 10.4. The Morgan fingerprint density at radius 1 is 1.37 bits per heavy atom. The smallest absolute Gasteiger partial charge is 0.325 e. The zero-order valence-corrected chi connectivity index (χ0v) is 12.5. The minimum Gasteiger partial charge on any atom is -0.465 e. The van der Waals surface area contributed by atoms with Crippen LogP contribution in [-0.2, 0) is 16.0 Å². The van der Waals surface area contributed by atoms with Crippen molar-refractivity contribution >= 4 is 34.9 Å². The Morgan fingerprint density at radius 3 is 2.42 bits per heavy atom. The summed E-state index contributed by atoms with van der Waals surface area (Å²) in [5.74, 6) is -0.337.